The predicted molar refractivity (Wildman–Crippen MR) is 87.7 cm³/mol. The molecular formula is C17H30N2O. The summed E-state index contributed by atoms with van der Waals surface area (Å²) in [4.78, 5) is 2.21. The Hall–Kier alpha value is -1.22. The highest BCUT2D eigenvalue weighted by Gasteiger charge is 1.96. The number of rotatable bonds is 11. The average Bonchev–Trinajstić information content (AvgIpc) is 2.44. The molecule has 0 heterocycles. The Bertz CT molecular complexity index is 335. The van der Waals surface area contributed by atoms with Crippen LogP contribution < -0.4 is 10.1 Å². The predicted octanol–water partition coefficient (Wildman–Crippen LogP) is 4.01. The van der Waals surface area contributed by atoms with E-state index in [9.17, 15) is 0 Å². The van der Waals surface area contributed by atoms with Crippen molar-refractivity contribution in [2.24, 2.45) is 0 Å². The molecule has 114 valence electrons. The van der Waals surface area contributed by atoms with Crippen molar-refractivity contribution in [3.05, 3.63) is 24.3 Å². The Morgan fingerprint density at radius 2 is 1.75 bits per heavy atom. The van der Waals surface area contributed by atoms with E-state index in [1.165, 1.54) is 24.9 Å². The summed E-state index contributed by atoms with van der Waals surface area (Å²) in [5, 5.41) is 3.43. The molecule has 1 rings (SSSR count). The van der Waals surface area contributed by atoms with Gasteiger partial charge in [-0.3, -0.25) is 0 Å². The van der Waals surface area contributed by atoms with Crippen LogP contribution in [0.25, 0.3) is 0 Å². The summed E-state index contributed by atoms with van der Waals surface area (Å²) in [7, 11) is 4.21. The molecule has 0 aromatic heterocycles. The molecule has 0 atom stereocenters. The van der Waals surface area contributed by atoms with Crippen molar-refractivity contribution >= 4 is 5.69 Å². The van der Waals surface area contributed by atoms with Gasteiger partial charge < -0.3 is 15.0 Å². The first-order valence-corrected chi connectivity index (χ1v) is 7.84. The van der Waals surface area contributed by atoms with Crippen molar-refractivity contribution in [2.75, 3.05) is 39.1 Å². The van der Waals surface area contributed by atoms with Gasteiger partial charge in [-0.1, -0.05) is 26.2 Å². The Morgan fingerprint density at radius 1 is 1.00 bits per heavy atom. The summed E-state index contributed by atoms with van der Waals surface area (Å²) in [5.74, 6) is 0.973. The summed E-state index contributed by atoms with van der Waals surface area (Å²) in [6, 6.07) is 8.29. The van der Waals surface area contributed by atoms with Gasteiger partial charge in [-0.05, 0) is 57.7 Å². The van der Waals surface area contributed by atoms with Crippen molar-refractivity contribution in [3.63, 3.8) is 0 Å². The Morgan fingerprint density at radius 3 is 2.40 bits per heavy atom. The second-order valence-electron chi connectivity index (χ2n) is 5.52. The number of nitrogens with zero attached hydrogens (tertiary/aromatic N) is 1. The van der Waals surface area contributed by atoms with Crippen molar-refractivity contribution in [2.45, 2.75) is 39.0 Å². The first kappa shape index (κ1) is 16.8. The highest BCUT2D eigenvalue weighted by molar-refractivity contribution is 5.46. The first-order valence-electron chi connectivity index (χ1n) is 7.84. The van der Waals surface area contributed by atoms with Crippen molar-refractivity contribution in [3.8, 4) is 5.75 Å². The number of nitrogens with one attached hydrogen (secondary N) is 1. The molecule has 0 saturated carbocycles. The molecule has 20 heavy (non-hydrogen) atoms. The van der Waals surface area contributed by atoms with E-state index in [4.69, 9.17) is 4.74 Å². The summed E-state index contributed by atoms with van der Waals surface area (Å²) in [6.07, 6.45) is 6.15. The molecule has 0 amide bonds. The third kappa shape index (κ3) is 8.05. The van der Waals surface area contributed by atoms with E-state index in [0.29, 0.717) is 0 Å². The summed E-state index contributed by atoms with van der Waals surface area (Å²) in [5.41, 5.74) is 1.17. The normalized spacial score (nSPS) is 10.8. The van der Waals surface area contributed by atoms with Gasteiger partial charge in [0.15, 0.2) is 0 Å². The van der Waals surface area contributed by atoms with E-state index in [1.54, 1.807) is 0 Å². The number of hydrogen-bond acceptors (Lipinski definition) is 3. The highest BCUT2D eigenvalue weighted by Crippen LogP contribution is 2.16. The van der Waals surface area contributed by atoms with Gasteiger partial charge in [-0.15, -0.1) is 0 Å². The molecule has 0 saturated heterocycles. The summed E-state index contributed by atoms with van der Waals surface area (Å²) >= 11 is 0. The molecule has 3 heteroatoms. The lowest BCUT2D eigenvalue weighted by Crippen LogP contribution is -2.16. The monoisotopic (exact) mass is 278 g/mol. The van der Waals surface area contributed by atoms with E-state index in [2.05, 4.69) is 43.4 Å². The molecule has 1 aromatic rings. The van der Waals surface area contributed by atoms with Crippen LogP contribution in [0.2, 0.25) is 0 Å². The second kappa shape index (κ2) is 10.6. The smallest absolute Gasteiger partial charge is 0.119 e. The van der Waals surface area contributed by atoms with Crippen LogP contribution in [-0.2, 0) is 0 Å². The van der Waals surface area contributed by atoms with Gasteiger partial charge in [0.05, 0.1) is 6.61 Å². The topological polar surface area (TPSA) is 24.5 Å². The zero-order valence-electron chi connectivity index (χ0n) is 13.3. The Kier molecular flexibility index (Phi) is 8.88. The van der Waals surface area contributed by atoms with Crippen LogP contribution in [0, 0.1) is 0 Å². The van der Waals surface area contributed by atoms with E-state index in [1.807, 2.05) is 12.1 Å². The van der Waals surface area contributed by atoms with Gasteiger partial charge in [0.2, 0.25) is 0 Å². The molecule has 0 aliphatic carbocycles. The fraction of sp³-hybridized carbons (Fsp3) is 0.647. The molecule has 0 aliphatic heterocycles. The quantitative estimate of drug-likeness (QED) is 0.619. The number of anilines is 1. The van der Waals surface area contributed by atoms with Gasteiger partial charge >= 0.3 is 0 Å². The zero-order chi connectivity index (χ0) is 14.6. The van der Waals surface area contributed by atoms with Crippen LogP contribution in [0.5, 0.6) is 5.75 Å². The third-order valence-corrected chi connectivity index (χ3v) is 3.23. The maximum absolute atomic E-state index is 5.73. The van der Waals surface area contributed by atoms with Gasteiger partial charge in [0.1, 0.15) is 5.75 Å². The van der Waals surface area contributed by atoms with Crippen LogP contribution in [0.1, 0.15) is 39.0 Å². The standard InChI is InChI=1S/C17H30N2O/c1-4-5-6-7-15-20-17-11-9-16(10-12-17)18-13-8-14-19(2)3/h9-12,18H,4-8,13-15H2,1-3H3. The molecule has 0 aliphatic rings. The van der Waals surface area contributed by atoms with Crippen LogP contribution in [0.3, 0.4) is 0 Å². The van der Waals surface area contributed by atoms with Gasteiger partial charge in [-0.25, -0.2) is 0 Å². The number of hydrogen-bond donors (Lipinski definition) is 1. The number of ether oxygens (including phenoxy) is 1. The molecule has 1 aromatic carbocycles. The SMILES string of the molecule is CCCCCCOc1ccc(NCCCN(C)C)cc1. The lowest BCUT2D eigenvalue weighted by atomic mass is 10.2. The Labute approximate surface area is 124 Å². The molecule has 1 N–H and O–H groups in total. The van der Waals surface area contributed by atoms with Crippen LogP contribution >= 0.6 is 0 Å². The van der Waals surface area contributed by atoms with Crippen molar-refractivity contribution in [1.29, 1.82) is 0 Å². The molecular weight excluding hydrogens is 248 g/mol. The minimum absolute atomic E-state index is 0.829. The van der Waals surface area contributed by atoms with Crippen molar-refractivity contribution in [1.82, 2.24) is 4.90 Å². The molecule has 3 nitrogen and oxygen atoms in total. The average molecular weight is 278 g/mol. The molecule has 0 spiro atoms. The first-order chi connectivity index (χ1) is 9.72. The maximum atomic E-state index is 5.73. The lowest BCUT2D eigenvalue weighted by molar-refractivity contribution is 0.305. The van der Waals surface area contributed by atoms with Crippen LogP contribution in [-0.4, -0.2) is 38.7 Å². The minimum atomic E-state index is 0.829. The number of benzene rings is 1. The van der Waals surface area contributed by atoms with Gasteiger partial charge in [-0.2, -0.15) is 0 Å². The maximum Gasteiger partial charge on any atom is 0.119 e. The van der Waals surface area contributed by atoms with Gasteiger partial charge in [0.25, 0.3) is 0 Å². The van der Waals surface area contributed by atoms with E-state index in [0.717, 1.165) is 38.3 Å². The molecule has 0 fully saturated rings. The van der Waals surface area contributed by atoms with E-state index >= 15 is 0 Å². The van der Waals surface area contributed by atoms with Crippen molar-refractivity contribution < 1.29 is 4.74 Å². The largest absolute Gasteiger partial charge is 0.494 e. The zero-order valence-corrected chi connectivity index (χ0v) is 13.3. The summed E-state index contributed by atoms with van der Waals surface area (Å²) < 4.78 is 5.73. The molecule has 0 bridgehead atoms. The second-order valence-corrected chi connectivity index (χ2v) is 5.52. The Balaban J connectivity index is 2.16. The fourth-order valence-corrected chi connectivity index (χ4v) is 2.02. The van der Waals surface area contributed by atoms with E-state index in [-0.39, 0.29) is 0 Å². The molecule has 0 unspecified atom stereocenters. The third-order valence-electron chi connectivity index (χ3n) is 3.23. The van der Waals surface area contributed by atoms with Crippen LogP contribution in [0.4, 0.5) is 5.69 Å². The number of unbranched alkanes of at least 4 members (excludes halogenated alkanes) is 3. The van der Waals surface area contributed by atoms with Crippen LogP contribution in [0.15, 0.2) is 24.3 Å². The summed E-state index contributed by atoms with van der Waals surface area (Å²) in [6.45, 7) is 5.18. The fourth-order valence-electron chi connectivity index (χ4n) is 2.02. The molecule has 0 radical (unpaired) electrons. The van der Waals surface area contributed by atoms with E-state index < -0.39 is 0 Å². The van der Waals surface area contributed by atoms with Gasteiger partial charge in [0, 0.05) is 12.2 Å². The lowest BCUT2D eigenvalue weighted by Gasteiger charge is -2.11. The highest BCUT2D eigenvalue weighted by atomic mass is 16.5. The minimum Gasteiger partial charge on any atom is -0.494 e.